The Morgan fingerprint density at radius 2 is 1.00 bits per heavy atom. The summed E-state index contributed by atoms with van der Waals surface area (Å²) in [5.41, 5.74) is 10.9. The van der Waals surface area contributed by atoms with Crippen molar-refractivity contribution in [1.29, 1.82) is 0 Å². The molecule has 4 saturated carbocycles. The van der Waals surface area contributed by atoms with Gasteiger partial charge in [-0.25, -0.2) is 15.0 Å². The summed E-state index contributed by atoms with van der Waals surface area (Å²) < 4.78 is 3.32. The lowest BCUT2D eigenvalue weighted by atomic mass is 9.49. The first-order chi connectivity index (χ1) is 30.4. The number of aromatic nitrogens is 8. The standard InChI is InChI=1S/C24H23N5O2.C15H17N3O.C9H8N2O2/c1-29-19-9-5-4-8-18(19)21(28-29)23(31)25-15-12-24(13-15)10-14(11-24)20-16-6-2-3-7-17(16)22(30)27-26-20;16-10-7-15(8-10)5-9(6-15)13-11-3-1-2-4-12(11)14(19)18-17-13;1-11-7-5-3-2-4-6(7)8(10-11)9(12)13/h2-9,14-15H,10-13H2,1H3,(H,25,31)(H,27,30);1-4,9-10H,5-8,16H2,(H,18,19);2-5H,1H3,(H,12,13). The Morgan fingerprint density at radius 1 is 0.603 bits per heavy atom. The average molecular weight is 845 g/mol. The van der Waals surface area contributed by atoms with Crippen LogP contribution < -0.4 is 22.2 Å². The third kappa shape index (κ3) is 7.15. The average Bonchev–Trinajstić information content (AvgIpc) is 3.77. The molecule has 15 heteroatoms. The van der Waals surface area contributed by atoms with Crippen LogP contribution in [-0.2, 0) is 14.1 Å². The molecule has 0 unspecified atom stereocenters. The largest absolute Gasteiger partial charge is 0.476 e. The molecular formula is C48H48N10O5. The molecule has 15 nitrogen and oxygen atoms in total. The summed E-state index contributed by atoms with van der Waals surface area (Å²) in [6.07, 6.45) is 8.73. The van der Waals surface area contributed by atoms with E-state index in [4.69, 9.17) is 10.8 Å². The second kappa shape index (κ2) is 15.4. The molecule has 6 N–H and O–H groups in total. The molecule has 0 aliphatic heterocycles. The number of H-pyrrole nitrogens is 2. The van der Waals surface area contributed by atoms with Crippen LogP contribution in [0.15, 0.2) is 107 Å². The molecule has 2 spiro atoms. The number of carboxylic acids is 1. The number of amides is 1. The number of para-hydroxylation sites is 2. The molecule has 8 aromatic rings. The monoisotopic (exact) mass is 844 g/mol. The van der Waals surface area contributed by atoms with Crippen LogP contribution in [0.2, 0.25) is 0 Å². The van der Waals surface area contributed by atoms with E-state index in [-0.39, 0.29) is 34.2 Å². The number of nitrogens with one attached hydrogen (secondary N) is 3. The van der Waals surface area contributed by atoms with E-state index in [9.17, 15) is 19.2 Å². The van der Waals surface area contributed by atoms with E-state index < -0.39 is 5.97 Å². The minimum atomic E-state index is -0.989. The number of fused-ring (bicyclic) bond motifs is 4. The maximum Gasteiger partial charge on any atom is 0.357 e. The normalized spacial score (nSPS) is 24.4. The van der Waals surface area contributed by atoms with E-state index in [2.05, 4.69) is 35.9 Å². The van der Waals surface area contributed by atoms with E-state index in [1.165, 1.54) is 12.8 Å². The highest BCUT2D eigenvalue weighted by Gasteiger charge is 2.54. The summed E-state index contributed by atoms with van der Waals surface area (Å²) >= 11 is 0. The Bertz CT molecular complexity index is 3190. The number of nitrogens with two attached hydrogens (primary N) is 1. The highest BCUT2D eigenvalue weighted by molar-refractivity contribution is 6.05. The van der Waals surface area contributed by atoms with Gasteiger partial charge in [-0.3, -0.25) is 23.7 Å². The quantitative estimate of drug-likeness (QED) is 0.128. The Kier molecular flexibility index (Phi) is 9.81. The molecule has 63 heavy (non-hydrogen) atoms. The summed E-state index contributed by atoms with van der Waals surface area (Å²) in [6.45, 7) is 0. The minimum absolute atomic E-state index is 0.0965. The fraction of sp³-hybridized carbons (Fsp3) is 0.333. The van der Waals surface area contributed by atoms with Crippen LogP contribution in [0.1, 0.15) is 95.6 Å². The highest BCUT2D eigenvalue weighted by Crippen LogP contribution is 2.63. The van der Waals surface area contributed by atoms with Gasteiger partial charge in [0.05, 0.1) is 33.2 Å². The number of aromatic carboxylic acids is 1. The van der Waals surface area contributed by atoms with Gasteiger partial charge >= 0.3 is 5.97 Å². The topological polar surface area (TPSA) is 220 Å². The van der Waals surface area contributed by atoms with Gasteiger partial charge in [0.2, 0.25) is 0 Å². The molecule has 4 aliphatic carbocycles. The van der Waals surface area contributed by atoms with Crippen LogP contribution in [-0.4, -0.2) is 69.0 Å². The zero-order valence-electron chi connectivity index (χ0n) is 35.0. The van der Waals surface area contributed by atoms with Crippen molar-refractivity contribution < 1.29 is 14.7 Å². The van der Waals surface area contributed by atoms with Crippen molar-refractivity contribution in [3.8, 4) is 0 Å². The molecule has 0 saturated heterocycles. The van der Waals surface area contributed by atoms with Crippen LogP contribution in [0.4, 0.5) is 0 Å². The van der Waals surface area contributed by atoms with Gasteiger partial charge in [0, 0.05) is 59.6 Å². The number of rotatable bonds is 5. The maximum absolute atomic E-state index is 12.8. The van der Waals surface area contributed by atoms with E-state index in [1.807, 2.05) is 92.0 Å². The highest BCUT2D eigenvalue weighted by atomic mass is 16.4. The van der Waals surface area contributed by atoms with Crippen LogP contribution in [0, 0.1) is 10.8 Å². The molecule has 4 aromatic carbocycles. The van der Waals surface area contributed by atoms with Crippen LogP contribution in [0.3, 0.4) is 0 Å². The summed E-state index contributed by atoms with van der Waals surface area (Å²) in [5.74, 6) is -0.245. The number of carboxylic acid groups (broad SMARTS) is 1. The molecule has 4 heterocycles. The van der Waals surface area contributed by atoms with E-state index in [0.717, 1.165) is 82.5 Å². The molecule has 0 bridgehead atoms. The van der Waals surface area contributed by atoms with Gasteiger partial charge in [-0.1, -0.05) is 72.8 Å². The fourth-order valence-corrected chi connectivity index (χ4v) is 11.1. The Balaban J connectivity index is 0.000000125. The molecular weight excluding hydrogens is 797 g/mol. The number of aryl methyl sites for hydroxylation is 2. The molecule has 4 aromatic heterocycles. The van der Waals surface area contributed by atoms with Crippen LogP contribution >= 0.6 is 0 Å². The van der Waals surface area contributed by atoms with E-state index >= 15 is 0 Å². The number of hydrogen-bond acceptors (Lipinski definition) is 9. The van der Waals surface area contributed by atoms with Crippen molar-refractivity contribution in [2.45, 2.75) is 75.3 Å². The second-order valence-corrected chi connectivity index (χ2v) is 18.2. The zero-order valence-corrected chi connectivity index (χ0v) is 35.0. The van der Waals surface area contributed by atoms with E-state index in [1.54, 1.807) is 28.5 Å². The SMILES string of the molecule is Cn1nc(C(=O)NC2CC3(C2)CC(c2n[nH]c(=O)c4ccccc24)C3)c2ccccc21.Cn1nc(C(=O)O)c2ccccc21.NC1CC2(C1)CC(c1n[nH]c(=O)c3ccccc13)C2. The zero-order chi connectivity index (χ0) is 43.6. The fourth-order valence-electron chi connectivity index (χ4n) is 11.1. The van der Waals surface area contributed by atoms with Gasteiger partial charge in [0.25, 0.3) is 17.0 Å². The number of hydrogen-bond donors (Lipinski definition) is 5. The molecule has 4 fully saturated rings. The number of benzene rings is 4. The molecule has 12 rings (SSSR count). The van der Waals surface area contributed by atoms with Crippen LogP contribution in [0.25, 0.3) is 43.4 Å². The lowest BCUT2D eigenvalue weighted by Crippen LogP contribution is -2.55. The summed E-state index contributed by atoms with van der Waals surface area (Å²) in [4.78, 5) is 47.4. The third-order valence-corrected chi connectivity index (χ3v) is 14.0. The van der Waals surface area contributed by atoms with Gasteiger partial charge in [0.15, 0.2) is 11.4 Å². The summed E-state index contributed by atoms with van der Waals surface area (Å²) in [5, 5.41) is 39.3. The Labute approximate surface area is 360 Å². The third-order valence-electron chi connectivity index (χ3n) is 14.0. The van der Waals surface area contributed by atoms with Gasteiger partial charge in [-0.05, 0) is 86.5 Å². The predicted molar refractivity (Wildman–Crippen MR) is 240 cm³/mol. The maximum atomic E-state index is 12.8. The van der Waals surface area contributed by atoms with Gasteiger partial charge in [-0.15, -0.1) is 0 Å². The van der Waals surface area contributed by atoms with Crippen molar-refractivity contribution >= 4 is 55.2 Å². The van der Waals surface area contributed by atoms with E-state index in [0.29, 0.717) is 39.8 Å². The van der Waals surface area contributed by atoms with Crippen molar-refractivity contribution in [1.82, 2.24) is 45.3 Å². The first-order valence-corrected chi connectivity index (χ1v) is 21.5. The predicted octanol–water partition coefficient (Wildman–Crippen LogP) is 6.45. The van der Waals surface area contributed by atoms with Crippen molar-refractivity contribution in [2.75, 3.05) is 0 Å². The first kappa shape index (κ1) is 40.1. The number of carbonyl (C=O) groups excluding carboxylic acids is 1. The number of nitrogens with zero attached hydrogens (tertiary/aromatic N) is 6. The minimum Gasteiger partial charge on any atom is -0.476 e. The van der Waals surface area contributed by atoms with Gasteiger partial charge < -0.3 is 16.2 Å². The second-order valence-electron chi connectivity index (χ2n) is 18.2. The summed E-state index contributed by atoms with van der Waals surface area (Å²) in [6, 6.07) is 31.1. The molecule has 1 amide bonds. The molecule has 0 atom stereocenters. The Hall–Kier alpha value is -7.00. The molecule has 320 valence electrons. The first-order valence-electron chi connectivity index (χ1n) is 21.5. The number of aromatic amines is 2. The molecule has 4 aliphatic rings. The lowest BCUT2D eigenvalue weighted by Gasteiger charge is -2.57. The van der Waals surface area contributed by atoms with Crippen LogP contribution in [0.5, 0.6) is 0 Å². The smallest absolute Gasteiger partial charge is 0.357 e. The number of carbonyl (C=O) groups is 2. The summed E-state index contributed by atoms with van der Waals surface area (Å²) in [7, 11) is 3.59. The van der Waals surface area contributed by atoms with Gasteiger partial charge in [-0.2, -0.15) is 20.4 Å². The van der Waals surface area contributed by atoms with Crippen molar-refractivity contribution in [2.24, 2.45) is 30.7 Å². The Morgan fingerprint density at radius 3 is 1.46 bits per heavy atom. The lowest BCUT2D eigenvalue weighted by molar-refractivity contribution is -0.0197. The molecule has 0 radical (unpaired) electrons. The van der Waals surface area contributed by atoms with Gasteiger partial charge in [0.1, 0.15) is 0 Å². The van der Waals surface area contributed by atoms with Crippen molar-refractivity contribution in [3.63, 3.8) is 0 Å². The van der Waals surface area contributed by atoms with Crippen molar-refractivity contribution in [3.05, 3.63) is 141 Å².